The minimum Gasteiger partial charge on any atom is -0.300 e. The van der Waals surface area contributed by atoms with Crippen molar-refractivity contribution >= 4 is 19.7 Å². The topological polar surface area (TPSA) is 37.4 Å². The molecule has 0 saturated heterocycles. The monoisotopic (exact) mass is 253 g/mol. The summed E-state index contributed by atoms with van der Waals surface area (Å²) in [7, 11) is 1.86. The number of hydrogen-bond donors (Lipinski definition) is 0. The number of halogens is 1. The molecule has 0 spiro atoms. The molecular formula is C10H20ClNO2S. The minimum atomic E-state index is -3.31. The smallest absolute Gasteiger partial charge is 0.232 e. The molecule has 0 aromatic rings. The highest BCUT2D eigenvalue weighted by Crippen LogP contribution is 2.27. The lowest BCUT2D eigenvalue weighted by atomic mass is 10.2. The van der Waals surface area contributed by atoms with E-state index in [-0.39, 0.29) is 5.75 Å². The largest absolute Gasteiger partial charge is 0.300 e. The molecule has 0 heterocycles. The third-order valence-corrected chi connectivity index (χ3v) is 3.74. The van der Waals surface area contributed by atoms with Crippen LogP contribution in [0.1, 0.15) is 33.1 Å². The molecule has 3 nitrogen and oxygen atoms in total. The molecule has 0 bridgehead atoms. The van der Waals surface area contributed by atoms with Crippen molar-refractivity contribution in [2.75, 3.05) is 18.8 Å². The first-order valence-electron chi connectivity index (χ1n) is 5.55. The van der Waals surface area contributed by atoms with Gasteiger partial charge in [0.15, 0.2) is 0 Å². The van der Waals surface area contributed by atoms with Gasteiger partial charge >= 0.3 is 0 Å². The second-order valence-corrected chi connectivity index (χ2v) is 7.61. The SMILES string of the molecule is CC(C)CN(CCCS(=O)(=O)Cl)C1CC1. The minimum absolute atomic E-state index is 0.0931. The molecule has 1 aliphatic rings. The van der Waals surface area contributed by atoms with E-state index in [4.69, 9.17) is 10.7 Å². The lowest BCUT2D eigenvalue weighted by Crippen LogP contribution is -2.31. The van der Waals surface area contributed by atoms with Crippen LogP contribution in [0.4, 0.5) is 0 Å². The second-order valence-electron chi connectivity index (χ2n) is 4.72. The summed E-state index contributed by atoms with van der Waals surface area (Å²) in [6, 6.07) is 0.699. The van der Waals surface area contributed by atoms with Crippen LogP contribution in [0, 0.1) is 5.92 Å². The van der Waals surface area contributed by atoms with Gasteiger partial charge in [-0.3, -0.25) is 0 Å². The van der Waals surface area contributed by atoms with Crippen molar-refractivity contribution in [2.24, 2.45) is 5.92 Å². The third-order valence-electron chi connectivity index (χ3n) is 2.50. The molecule has 0 amide bonds. The van der Waals surface area contributed by atoms with Gasteiger partial charge in [0.05, 0.1) is 5.75 Å². The van der Waals surface area contributed by atoms with Crippen LogP contribution < -0.4 is 0 Å². The van der Waals surface area contributed by atoms with Crippen molar-refractivity contribution in [3.8, 4) is 0 Å². The van der Waals surface area contributed by atoms with Crippen molar-refractivity contribution in [1.82, 2.24) is 4.90 Å². The van der Waals surface area contributed by atoms with Crippen LogP contribution in [0.5, 0.6) is 0 Å². The van der Waals surface area contributed by atoms with E-state index in [0.717, 1.165) is 13.1 Å². The first-order valence-corrected chi connectivity index (χ1v) is 8.02. The summed E-state index contributed by atoms with van der Waals surface area (Å²) in [5.41, 5.74) is 0. The van der Waals surface area contributed by atoms with Crippen LogP contribution in [0.2, 0.25) is 0 Å². The van der Waals surface area contributed by atoms with Gasteiger partial charge < -0.3 is 4.90 Å². The Morgan fingerprint density at radius 1 is 1.40 bits per heavy atom. The normalized spacial score (nSPS) is 17.7. The highest BCUT2D eigenvalue weighted by atomic mass is 35.7. The van der Waals surface area contributed by atoms with E-state index in [1.807, 2.05) is 0 Å². The Balaban J connectivity index is 2.26. The van der Waals surface area contributed by atoms with E-state index >= 15 is 0 Å². The van der Waals surface area contributed by atoms with Crippen molar-refractivity contribution in [3.63, 3.8) is 0 Å². The molecule has 0 N–H and O–H groups in total. The highest BCUT2D eigenvalue weighted by Gasteiger charge is 2.28. The second kappa shape index (κ2) is 5.51. The Bertz CT molecular complexity index is 286. The summed E-state index contributed by atoms with van der Waals surface area (Å²) in [5, 5.41) is 0. The van der Waals surface area contributed by atoms with Crippen LogP contribution >= 0.6 is 10.7 Å². The van der Waals surface area contributed by atoms with Crippen molar-refractivity contribution in [2.45, 2.75) is 39.2 Å². The highest BCUT2D eigenvalue weighted by molar-refractivity contribution is 8.13. The van der Waals surface area contributed by atoms with Crippen LogP contribution in [-0.4, -0.2) is 38.2 Å². The maximum atomic E-state index is 10.8. The Labute approximate surface area is 97.2 Å². The molecule has 15 heavy (non-hydrogen) atoms. The zero-order valence-corrected chi connectivity index (χ0v) is 11.0. The molecule has 0 aliphatic heterocycles. The zero-order chi connectivity index (χ0) is 11.5. The van der Waals surface area contributed by atoms with Gasteiger partial charge in [-0.2, -0.15) is 0 Å². The van der Waals surface area contributed by atoms with E-state index in [9.17, 15) is 8.42 Å². The fourth-order valence-corrected chi connectivity index (χ4v) is 2.57. The molecule has 0 atom stereocenters. The molecule has 1 fully saturated rings. The molecular weight excluding hydrogens is 234 g/mol. The quantitative estimate of drug-likeness (QED) is 0.652. The lowest BCUT2D eigenvalue weighted by molar-refractivity contribution is 0.235. The first-order chi connectivity index (χ1) is 6.88. The van der Waals surface area contributed by atoms with Gasteiger partial charge in [-0.1, -0.05) is 13.8 Å². The van der Waals surface area contributed by atoms with E-state index in [1.165, 1.54) is 12.8 Å². The van der Waals surface area contributed by atoms with Gasteiger partial charge in [0.25, 0.3) is 0 Å². The van der Waals surface area contributed by atoms with Crippen molar-refractivity contribution in [3.05, 3.63) is 0 Å². The Morgan fingerprint density at radius 2 is 2.00 bits per heavy atom. The van der Waals surface area contributed by atoms with Gasteiger partial charge in [0.2, 0.25) is 9.05 Å². The van der Waals surface area contributed by atoms with E-state index in [0.29, 0.717) is 18.4 Å². The van der Waals surface area contributed by atoms with Crippen molar-refractivity contribution in [1.29, 1.82) is 0 Å². The van der Waals surface area contributed by atoms with E-state index in [1.54, 1.807) is 0 Å². The number of hydrogen-bond acceptors (Lipinski definition) is 3. The van der Waals surface area contributed by atoms with E-state index < -0.39 is 9.05 Å². The first kappa shape index (κ1) is 13.3. The molecule has 1 aliphatic carbocycles. The Morgan fingerprint density at radius 3 is 2.40 bits per heavy atom. The predicted octanol–water partition coefficient (Wildman–Crippen LogP) is 2.07. The van der Waals surface area contributed by atoms with Crippen molar-refractivity contribution < 1.29 is 8.42 Å². The molecule has 5 heteroatoms. The molecule has 1 saturated carbocycles. The van der Waals surface area contributed by atoms with Gasteiger partial charge in [0, 0.05) is 23.3 Å². The molecule has 0 unspecified atom stereocenters. The standard InChI is InChI=1S/C10H20ClNO2S/c1-9(2)8-12(10-4-5-10)6-3-7-15(11,13)14/h9-10H,3-8H2,1-2H3. The van der Waals surface area contributed by atoms with Gasteiger partial charge in [-0.05, 0) is 31.7 Å². The molecule has 90 valence electrons. The Hall–Kier alpha value is 0.200. The van der Waals surface area contributed by atoms with Gasteiger partial charge in [0.1, 0.15) is 0 Å². The fraction of sp³-hybridized carbons (Fsp3) is 1.00. The average molecular weight is 254 g/mol. The zero-order valence-electron chi connectivity index (χ0n) is 9.45. The molecule has 0 aromatic carbocycles. The van der Waals surface area contributed by atoms with E-state index in [2.05, 4.69) is 18.7 Å². The van der Waals surface area contributed by atoms with Crippen LogP contribution in [-0.2, 0) is 9.05 Å². The van der Waals surface area contributed by atoms with Gasteiger partial charge in [-0.25, -0.2) is 8.42 Å². The maximum absolute atomic E-state index is 10.8. The van der Waals surface area contributed by atoms with Gasteiger partial charge in [-0.15, -0.1) is 0 Å². The summed E-state index contributed by atoms with van der Waals surface area (Å²) in [6.45, 7) is 6.29. The summed E-state index contributed by atoms with van der Waals surface area (Å²) in [6.07, 6.45) is 3.18. The lowest BCUT2D eigenvalue weighted by Gasteiger charge is -2.23. The molecule has 0 radical (unpaired) electrons. The maximum Gasteiger partial charge on any atom is 0.232 e. The predicted molar refractivity (Wildman–Crippen MR) is 63.7 cm³/mol. The van der Waals surface area contributed by atoms with Crippen LogP contribution in [0.25, 0.3) is 0 Å². The summed E-state index contributed by atoms with van der Waals surface area (Å²) >= 11 is 0. The summed E-state index contributed by atoms with van der Waals surface area (Å²) < 4.78 is 21.5. The average Bonchev–Trinajstić information content (AvgIpc) is 2.81. The number of nitrogens with zero attached hydrogens (tertiary/aromatic N) is 1. The molecule has 1 rings (SSSR count). The summed E-state index contributed by atoms with van der Waals surface area (Å²) in [4.78, 5) is 2.40. The number of rotatable bonds is 7. The third kappa shape index (κ3) is 6.38. The van der Waals surface area contributed by atoms with Crippen LogP contribution in [0.15, 0.2) is 0 Å². The fourth-order valence-electron chi connectivity index (χ4n) is 1.77. The summed E-state index contributed by atoms with van der Waals surface area (Å²) in [5.74, 6) is 0.730. The Kier molecular flexibility index (Phi) is 4.87. The van der Waals surface area contributed by atoms with Crippen LogP contribution in [0.3, 0.4) is 0 Å². The molecule has 0 aromatic heterocycles.